The van der Waals surface area contributed by atoms with Gasteiger partial charge in [0.25, 0.3) is 0 Å². The fourth-order valence-corrected chi connectivity index (χ4v) is 9.02. The summed E-state index contributed by atoms with van der Waals surface area (Å²) in [4.78, 5) is 23.5. The van der Waals surface area contributed by atoms with Crippen LogP contribution in [0, 0.1) is 18.8 Å². The molecule has 4 heterocycles. The summed E-state index contributed by atoms with van der Waals surface area (Å²) in [5.74, 6) is 2.43. The molecule has 0 atom stereocenters. The summed E-state index contributed by atoms with van der Waals surface area (Å²) in [6, 6.07) is 54.4. The predicted molar refractivity (Wildman–Crippen MR) is 285 cm³/mol. The number of benzene rings is 9. The number of nitrogens with zero attached hydrogens (tertiary/aromatic N) is 7. The van der Waals surface area contributed by atoms with E-state index in [0.29, 0.717) is 51.4 Å². The summed E-state index contributed by atoms with van der Waals surface area (Å²) < 4.78 is 97.0. The molecule has 0 fully saturated rings. The van der Waals surface area contributed by atoms with Crippen molar-refractivity contribution in [2.75, 3.05) is 9.80 Å². The molecule has 0 radical (unpaired) electrons. The number of hydrogen-bond acceptors (Lipinski definition) is 7. The first kappa shape index (κ1) is 34.3. The maximum atomic E-state index is 9.12. The Bertz CT molecular complexity index is 4310. The number of hydrogen-bond donors (Lipinski definition) is 0. The van der Waals surface area contributed by atoms with Crippen molar-refractivity contribution in [3.05, 3.63) is 255 Å². The molecule has 0 saturated heterocycles. The largest absolute Gasteiger partial charge is 0.508 e. The van der Waals surface area contributed by atoms with E-state index in [1.54, 1.807) is 42.0 Å². The molecule has 0 aliphatic carbocycles. The Morgan fingerprint density at radius 3 is 1.72 bits per heavy atom. The van der Waals surface area contributed by atoms with Crippen molar-refractivity contribution in [1.29, 1.82) is 0 Å². The van der Waals surface area contributed by atoms with E-state index in [1.807, 2.05) is 155 Å². The zero-order chi connectivity index (χ0) is 55.8. The van der Waals surface area contributed by atoms with Crippen LogP contribution in [-0.2, 0) is 21.1 Å². The molecule has 0 saturated carbocycles. The van der Waals surface area contributed by atoms with Gasteiger partial charge >= 0.3 is 0 Å². The van der Waals surface area contributed by atoms with Gasteiger partial charge in [0.05, 0.1) is 13.7 Å². The third-order valence-corrected chi connectivity index (χ3v) is 12.2. The molecule has 12 aromatic rings. The molecule has 1 aliphatic rings. The normalized spacial score (nSPS) is 13.9. The molecular weight excluding hydrogens is 1070 g/mol. The molecule has 13 rings (SSSR count). The van der Waals surface area contributed by atoms with Gasteiger partial charge in [0.1, 0.15) is 11.6 Å². The first-order valence-electron chi connectivity index (χ1n) is 27.6. The first-order valence-corrected chi connectivity index (χ1v) is 22.6. The van der Waals surface area contributed by atoms with Crippen molar-refractivity contribution in [1.82, 2.24) is 24.5 Å². The van der Waals surface area contributed by atoms with Crippen LogP contribution in [0.3, 0.4) is 0 Å². The fourth-order valence-electron chi connectivity index (χ4n) is 9.02. The van der Waals surface area contributed by atoms with Crippen molar-refractivity contribution in [3.8, 4) is 73.7 Å². The number of ether oxygens (including phenoxy) is 1. The molecular formula is C63H40N7OPt-3. The second kappa shape index (κ2) is 19.1. The van der Waals surface area contributed by atoms with Crippen molar-refractivity contribution in [2.45, 2.75) is 0 Å². The molecule has 1 aliphatic heterocycles. The third kappa shape index (κ3) is 8.07. The monoisotopic (exact) mass is 1120 g/mol. The minimum Gasteiger partial charge on any atom is -0.508 e. The second-order valence-corrected chi connectivity index (χ2v) is 16.4. The van der Waals surface area contributed by atoms with E-state index in [0.717, 1.165) is 27.4 Å². The second-order valence-electron chi connectivity index (χ2n) is 16.4. The number of para-hydroxylation sites is 4. The Kier molecular flexibility index (Phi) is 9.10. The van der Waals surface area contributed by atoms with Gasteiger partial charge in [-0.15, -0.1) is 48.1 Å². The number of aromatic nitrogens is 5. The molecule has 9 heteroatoms. The average molecular weight is 1120 g/mol. The fraction of sp³-hybridized carbons (Fsp3) is 0. The van der Waals surface area contributed by atoms with Crippen molar-refractivity contribution in [2.24, 2.45) is 0 Å². The van der Waals surface area contributed by atoms with Crippen LogP contribution in [-0.4, -0.2) is 24.5 Å². The molecule has 0 amide bonds. The van der Waals surface area contributed by atoms with E-state index < -0.39 is 60.4 Å². The molecule has 0 N–H and O–H groups in total. The molecule has 3 aromatic heterocycles. The molecule has 9 aromatic carbocycles. The van der Waals surface area contributed by atoms with Crippen molar-refractivity contribution >= 4 is 44.6 Å². The molecule has 0 unspecified atom stereocenters. The smallest absolute Gasteiger partial charge is 0.162 e. The molecule has 346 valence electrons. The third-order valence-electron chi connectivity index (χ3n) is 12.2. The number of pyridine rings is 1. The quantitative estimate of drug-likeness (QED) is 0.126. The predicted octanol–water partition coefficient (Wildman–Crippen LogP) is 15.5. The number of rotatable bonds is 10. The Balaban J connectivity index is 0.00000665. The summed E-state index contributed by atoms with van der Waals surface area (Å²) in [5, 5.41) is 1.78. The number of anilines is 4. The van der Waals surface area contributed by atoms with E-state index in [-0.39, 0.29) is 60.5 Å². The average Bonchev–Trinajstić information content (AvgIpc) is 3.06. The van der Waals surface area contributed by atoms with Crippen LogP contribution in [0.15, 0.2) is 236 Å². The summed E-state index contributed by atoms with van der Waals surface area (Å²) in [7, 11) is 0. The Labute approximate surface area is 445 Å². The molecule has 72 heavy (non-hydrogen) atoms. The maximum Gasteiger partial charge on any atom is 0.162 e. The summed E-state index contributed by atoms with van der Waals surface area (Å²) in [5.41, 5.74) is 5.49. The standard InChI is InChI=1S/C63H40N7O.Pt/c1-5-21-43(22-6-1)49-32-20-33-50(44-23-7-2-8-24-44)60(49)69-42-68(55-35-15-16-36-56(55)69)47-29-19-30-48(39-47)71-58-41-57-52(51-31-13-14-34-54(51)70(57)59-37-17-18-38-64-59)40-53(58)63-66-61(45-25-9-3-10-26-45)65-62(67-63)46-27-11-4-12-28-46;/h1-38,40,42H;/q-3;/i1D,2D,5D,6D,7D,8D,21D,22D,23D,24D;. The van der Waals surface area contributed by atoms with Crippen molar-refractivity contribution in [3.63, 3.8) is 0 Å². The molecule has 0 spiro atoms. The van der Waals surface area contributed by atoms with E-state index in [2.05, 4.69) is 12.1 Å². The van der Waals surface area contributed by atoms with E-state index >= 15 is 0 Å². The van der Waals surface area contributed by atoms with Gasteiger partial charge in [-0.3, -0.25) is 0 Å². The molecule has 8 nitrogen and oxygen atoms in total. The van der Waals surface area contributed by atoms with Gasteiger partial charge in [0, 0.05) is 83.6 Å². The van der Waals surface area contributed by atoms with Gasteiger partial charge in [-0.05, 0) is 52.4 Å². The van der Waals surface area contributed by atoms with Crippen LogP contribution in [0.4, 0.5) is 22.7 Å². The van der Waals surface area contributed by atoms with Crippen LogP contribution in [0.25, 0.3) is 84.0 Å². The van der Waals surface area contributed by atoms with Gasteiger partial charge in [-0.25, -0.2) is 19.9 Å². The van der Waals surface area contributed by atoms with Crippen LogP contribution in [0.5, 0.6) is 11.5 Å². The zero-order valence-corrected chi connectivity index (χ0v) is 39.9. The number of fused-ring (bicyclic) bond motifs is 4. The van der Waals surface area contributed by atoms with Crippen LogP contribution in [0.2, 0.25) is 0 Å². The summed E-state index contributed by atoms with van der Waals surface area (Å²) >= 11 is 0. The van der Waals surface area contributed by atoms with Crippen LogP contribution < -0.4 is 14.5 Å². The maximum absolute atomic E-state index is 9.12. The van der Waals surface area contributed by atoms with Gasteiger partial charge in [-0.2, -0.15) is 6.07 Å². The summed E-state index contributed by atoms with van der Waals surface area (Å²) in [6.45, 7) is 1.73. The van der Waals surface area contributed by atoms with Gasteiger partial charge in [0.15, 0.2) is 11.6 Å². The van der Waals surface area contributed by atoms with E-state index in [1.165, 1.54) is 0 Å². The Morgan fingerprint density at radius 2 is 1.07 bits per heavy atom. The Hall–Kier alpha value is -8.97. The SMILES string of the molecule is [2H]c1c([2H])c([2H])c(-c2cccc(-c3c([2H])c([2H])c([2H])c([2H])c3[2H])c2N2[CH-]N(c3[c-]c(Oc4[c-]c5c(cc4-c4nc(-c6ccccc6)nc(-c6ccccc6)n4)c4ccccc4n5-c4ccccn4)ccc3)c3ccccc32)c([2H])c1[2H].[Pt]. The van der Waals surface area contributed by atoms with E-state index in [4.69, 9.17) is 38.4 Å². The molecule has 0 bridgehead atoms. The zero-order valence-electron chi connectivity index (χ0n) is 47.7. The topological polar surface area (TPSA) is 72.2 Å². The van der Waals surface area contributed by atoms with Crippen LogP contribution in [0.1, 0.15) is 13.7 Å². The minimum absolute atomic E-state index is 0. The van der Waals surface area contributed by atoms with Gasteiger partial charge in [0.2, 0.25) is 0 Å². The Morgan fingerprint density at radius 1 is 0.486 bits per heavy atom. The van der Waals surface area contributed by atoms with Gasteiger partial charge < -0.3 is 19.1 Å². The van der Waals surface area contributed by atoms with Crippen molar-refractivity contribution < 1.29 is 39.5 Å². The first-order chi connectivity index (χ1) is 39.4. The van der Waals surface area contributed by atoms with Gasteiger partial charge in [-0.1, -0.05) is 181 Å². The van der Waals surface area contributed by atoms with Crippen LogP contribution >= 0.6 is 0 Å². The minimum atomic E-state index is -0.582. The van der Waals surface area contributed by atoms with E-state index in [9.17, 15) is 0 Å². The summed E-state index contributed by atoms with van der Waals surface area (Å²) in [6.07, 6.45) is 1.74.